The average Bonchev–Trinajstić information content (AvgIpc) is 2.39. The highest BCUT2D eigenvalue weighted by molar-refractivity contribution is 5.85. The van der Waals surface area contributed by atoms with Crippen LogP contribution in [0.5, 0.6) is 5.75 Å². The third kappa shape index (κ3) is 2.10. The topological polar surface area (TPSA) is 37.3 Å². The molecule has 2 nitrogen and oxygen atoms in total. The molecule has 1 fully saturated rings. The fraction of sp³-hybridized carbons (Fsp3) is 0.312. The van der Waals surface area contributed by atoms with Crippen LogP contribution in [0.4, 0.5) is 0 Å². The molecule has 0 bridgehead atoms. The van der Waals surface area contributed by atoms with Gasteiger partial charge in [0.05, 0.1) is 0 Å². The number of phenols is 1. The third-order valence-electron chi connectivity index (χ3n) is 3.86. The molecule has 0 atom stereocenters. The van der Waals surface area contributed by atoms with Crippen molar-refractivity contribution in [1.29, 1.82) is 0 Å². The van der Waals surface area contributed by atoms with Crippen LogP contribution in [0.2, 0.25) is 0 Å². The van der Waals surface area contributed by atoms with Crippen molar-refractivity contribution in [3.8, 4) is 5.75 Å². The van der Waals surface area contributed by atoms with Crippen molar-refractivity contribution in [1.82, 2.24) is 0 Å². The van der Waals surface area contributed by atoms with E-state index >= 15 is 0 Å². The lowest BCUT2D eigenvalue weighted by atomic mass is 9.83. The zero-order chi connectivity index (χ0) is 12.5. The molecule has 2 aromatic rings. The van der Waals surface area contributed by atoms with E-state index < -0.39 is 0 Å². The number of hydrogen-bond donors (Lipinski definition) is 1. The number of benzene rings is 2. The second kappa shape index (κ2) is 4.45. The fourth-order valence-electron chi connectivity index (χ4n) is 2.78. The summed E-state index contributed by atoms with van der Waals surface area (Å²) in [6, 6.07) is 11.8. The van der Waals surface area contributed by atoms with E-state index in [-0.39, 0.29) is 0 Å². The zero-order valence-electron chi connectivity index (χ0n) is 10.2. The fourth-order valence-corrected chi connectivity index (χ4v) is 2.78. The van der Waals surface area contributed by atoms with Crippen molar-refractivity contribution in [2.24, 2.45) is 0 Å². The van der Waals surface area contributed by atoms with Crippen LogP contribution in [0.25, 0.3) is 10.8 Å². The van der Waals surface area contributed by atoms with E-state index in [1.807, 2.05) is 6.07 Å². The van der Waals surface area contributed by atoms with Crippen LogP contribution >= 0.6 is 0 Å². The average molecular weight is 240 g/mol. The van der Waals surface area contributed by atoms with Crippen LogP contribution in [0.15, 0.2) is 36.4 Å². The van der Waals surface area contributed by atoms with Crippen molar-refractivity contribution >= 4 is 16.6 Å². The highest BCUT2D eigenvalue weighted by Gasteiger charge is 2.20. The molecule has 1 aliphatic rings. The molecular formula is C16H16O2. The highest BCUT2D eigenvalue weighted by Crippen LogP contribution is 2.33. The molecule has 0 unspecified atom stereocenters. The molecule has 0 aromatic heterocycles. The first-order chi connectivity index (χ1) is 8.72. The maximum atomic E-state index is 11.3. The van der Waals surface area contributed by atoms with E-state index in [2.05, 4.69) is 18.2 Å². The molecule has 0 radical (unpaired) electrons. The number of carbonyl (C=O) groups is 1. The van der Waals surface area contributed by atoms with Crippen molar-refractivity contribution in [3.05, 3.63) is 42.0 Å². The number of rotatable bonds is 1. The first kappa shape index (κ1) is 11.3. The Bertz CT molecular complexity index is 591. The summed E-state index contributed by atoms with van der Waals surface area (Å²) in [5.41, 5.74) is 1.32. The molecule has 0 heterocycles. The van der Waals surface area contributed by atoms with E-state index in [4.69, 9.17) is 0 Å². The summed E-state index contributed by atoms with van der Waals surface area (Å²) in [6.07, 6.45) is 3.39. The van der Waals surface area contributed by atoms with Gasteiger partial charge in [-0.05, 0) is 47.2 Å². The Kier molecular flexibility index (Phi) is 2.78. The Labute approximate surface area is 106 Å². The molecule has 18 heavy (non-hydrogen) atoms. The standard InChI is InChI=1S/C16H16O2/c17-15-6-3-11(4-7-15)12-1-2-14-10-16(18)8-5-13(14)9-12/h1-2,5,8-11,18H,3-4,6-7H2. The van der Waals surface area contributed by atoms with Crippen LogP contribution in [0.3, 0.4) is 0 Å². The molecule has 0 aliphatic heterocycles. The Morgan fingerprint density at radius 3 is 2.39 bits per heavy atom. The van der Waals surface area contributed by atoms with E-state index in [0.29, 0.717) is 17.5 Å². The van der Waals surface area contributed by atoms with Gasteiger partial charge in [-0.2, -0.15) is 0 Å². The molecule has 1 aliphatic carbocycles. The molecule has 1 saturated carbocycles. The summed E-state index contributed by atoms with van der Waals surface area (Å²) in [5.74, 6) is 1.22. The van der Waals surface area contributed by atoms with Gasteiger partial charge in [0.1, 0.15) is 11.5 Å². The van der Waals surface area contributed by atoms with Crippen LogP contribution in [0.1, 0.15) is 37.2 Å². The zero-order valence-corrected chi connectivity index (χ0v) is 10.2. The SMILES string of the molecule is O=C1CCC(c2ccc3cc(O)ccc3c2)CC1. The van der Waals surface area contributed by atoms with Gasteiger partial charge in [-0.15, -0.1) is 0 Å². The molecule has 2 heteroatoms. The smallest absolute Gasteiger partial charge is 0.132 e. The van der Waals surface area contributed by atoms with Gasteiger partial charge in [0.2, 0.25) is 0 Å². The Morgan fingerprint density at radius 2 is 1.61 bits per heavy atom. The van der Waals surface area contributed by atoms with Gasteiger partial charge in [0, 0.05) is 12.8 Å². The minimum atomic E-state index is 0.304. The number of carbonyl (C=O) groups excluding carboxylic acids is 1. The number of hydrogen-bond acceptors (Lipinski definition) is 2. The third-order valence-corrected chi connectivity index (χ3v) is 3.86. The molecule has 2 aromatic carbocycles. The van der Waals surface area contributed by atoms with Gasteiger partial charge in [-0.1, -0.05) is 24.3 Å². The number of Topliss-reactive ketones (excluding diaryl/α,β-unsaturated/α-hetero) is 1. The molecular weight excluding hydrogens is 224 g/mol. The van der Waals surface area contributed by atoms with Gasteiger partial charge in [-0.3, -0.25) is 4.79 Å². The lowest BCUT2D eigenvalue weighted by Crippen LogP contribution is -2.12. The quantitative estimate of drug-likeness (QED) is 0.823. The molecule has 0 spiro atoms. The van der Waals surface area contributed by atoms with E-state index in [1.165, 1.54) is 5.56 Å². The van der Waals surface area contributed by atoms with Crippen LogP contribution < -0.4 is 0 Å². The second-order valence-electron chi connectivity index (χ2n) is 5.10. The second-order valence-corrected chi connectivity index (χ2v) is 5.10. The van der Waals surface area contributed by atoms with Crippen molar-refractivity contribution in [2.75, 3.05) is 0 Å². The lowest BCUT2D eigenvalue weighted by Gasteiger charge is -2.21. The first-order valence-corrected chi connectivity index (χ1v) is 6.47. The van der Waals surface area contributed by atoms with Gasteiger partial charge >= 0.3 is 0 Å². The number of aromatic hydroxyl groups is 1. The predicted molar refractivity (Wildman–Crippen MR) is 71.8 cm³/mol. The number of ketones is 1. The van der Waals surface area contributed by atoms with Gasteiger partial charge < -0.3 is 5.11 Å². The normalized spacial score (nSPS) is 17.2. The van der Waals surface area contributed by atoms with Crippen molar-refractivity contribution in [2.45, 2.75) is 31.6 Å². The summed E-state index contributed by atoms with van der Waals surface area (Å²) in [6.45, 7) is 0. The number of fused-ring (bicyclic) bond motifs is 1. The van der Waals surface area contributed by atoms with E-state index in [0.717, 1.165) is 36.5 Å². The Hall–Kier alpha value is -1.83. The van der Waals surface area contributed by atoms with Crippen molar-refractivity contribution in [3.63, 3.8) is 0 Å². The summed E-state index contributed by atoms with van der Waals surface area (Å²) in [4.78, 5) is 11.3. The maximum absolute atomic E-state index is 11.3. The maximum Gasteiger partial charge on any atom is 0.132 e. The first-order valence-electron chi connectivity index (χ1n) is 6.47. The minimum absolute atomic E-state index is 0.304. The molecule has 0 saturated heterocycles. The number of phenolic OH excluding ortho intramolecular Hbond substituents is 1. The summed E-state index contributed by atoms with van der Waals surface area (Å²) in [5, 5.41) is 11.7. The molecule has 0 amide bonds. The summed E-state index contributed by atoms with van der Waals surface area (Å²) < 4.78 is 0. The highest BCUT2D eigenvalue weighted by atomic mass is 16.3. The van der Waals surface area contributed by atoms with Crippen LogP contribution in [0, 0.1) is 0 Å². The van der Waals surface area contributed by atoms with Gasteiger partial charge in [-0.25, -0.2) is 0 Å². The largest absolute Gasteiger partial charge is 0.508 e. The Morgan fingerprint density at radius 1 is 0.944 bits per heavy atom. The summed E-state index contributed by atoms with van der Waals surface area (Å²) >= 11 is 0. The minimum Gasteiger partial charge on any atom is -0.508 e. The molecule has 92 valence electrons. The Balaban J connectivity index is 1.93. The van der Waals surface area contributed by atoms with Crippen LogP contribution in [-0.4, -0.2) is 10.9 Å². The van der Waals surface area contributed by atoms with E-state index in [1.54, 1.807) is 12.1 Å². The molecule has 3 rings (SSSR count). The lowest BCUT2D eigenvalue weighted by molar-refractivity contribution is -0.120. The monoisotopic (exact) mass is 240 g/mol. The van der Waals surface area contributed by atoms with E-state index in [9.17, 15) is 9.90 Å². The van der Waals surface area contributed by atoms with Crippen LogP contribution in [-0.2, 0) is 4.79 Å². The van der Waals surface area contributed by atoms with Gasteiger partial charge in [0.25, 0.3) is 0 Å². The predicted octanol–water partition coefficient (Wildman–Crippen LogP) is 3.77. The van der Waals surface area contributed by atoms with Gasteiger partial charge in [0.15, 0.2) is 0 Å². The molecule has 1 N–H and O–H groups in total. The summed E-state index contributed by atoms with van der Waals surface area (Å²) in [7, 11) is 0. The van der Waals surface area contributed by atoms with Crippen molar-refractivity contribution < 1.29 is 9.90 Å².